The van der Waals surface area contributed by atoms with E-state index in [1.165, 1.54) is 0 Å². The molecule has 0 amide bonds. The summed E-state index contributed by atoms with van der Waals surface area (Å²) >= 11 is 5.52. The highest BCUT2D eigenvalue weighted by Gasteiger charge is 2.18. The molecule has 7 heteroatoms. The highest BCUT2D eigenvalue weighted by atomic mass is 32.1. The van der Waals surface area contributed by atoms with E-state index in [-0.39, 0.29) is 6.10 Å². The van der Waals surface area contributed by atoms with Crippen LogP contribution in [0.2, 0.25) is 0 Å². The summed E-state index contributed by atoms with van der Waals surface area (Å²) < 4.78 is 10.0. The number of aryl methyl sites for hydroxylation is 2. The molecule has 1 fully saturated rings. The molecular weight excluding hydrogens is 274 g/mol. The average molecular weight is 293 g/mol. The van der Waals surface area contributed by atoms with Crippen molar-refractivity contribution in [3.05, 3.63) is 22.2 Å². The topological polar surface area (TPSA) is 47.6 Å². The molecule has 0 unspecified atom stereocenters. The minimum atomic E-state index is 0.261. The zero-order valence-electron chi connectivity index (χ0n) is 12.0. The standard InChI is InChI=1S/C13H19N5OS/c1-9-6-10(2)18-12(14-9)15-17(13(18)20)8-16-4-5-19-11(3)7-16/h6,11H,4-5,7-8H2,1-3H3/t11-/m0/s1. The Kier molecular flexibility index (Phi) is 3.57. The summed E-state index contributed by atoms with van der Waals surface area (Å²) in [6, 6.07) is 2.02. The number of nitrogens with zero attached hydrogens (tertiary/aromatic N) is 5. The molecular formula is C13H19N5OS. The van der Waals surface area contributed by atoms with Gasteiger partial charge in [-0.25, -0.2) is 9.67 Å². The highest BCUT2D eigenvalue weighted by molar-refractivity contribution is 7.71. The van der Waals surface area contributed by atoms with E-state index < -0.39 is 0 Å². The summed E-state index contributed by atoms with van der Waals surface area (Å²) in [5.41, 5.74) is 2.03. The average Bonchev–Trinajstić information content (AvgIpc) is 2.66. The summed E-state index contributed by atoms with van der Waals surface area (Å²) in [5.74, 6) is 0.675. The van der Waals surface area contributed by atoms with Crippen LogP contribution in [0.5, 0.6) is 0 Å². The Morgan fingerprint density at radius 2 is 2.25 bits per heavy atom. The van der Waals surface area contributed by atoms with Crippen LogP contribution < -0.4 is 0 Å². The van der Waals surface area contributed by atoms with Crippen molar-refractivity contribution in [2.24, 2.45) is 0 Å². The number of ether oxygens (including phenoxy) is 1. The fourth-order valence-electron chi connectivity index (χ4n) is 2.63. The largest absolute Gasteiger partial charge is 0.376 e. The molecule has 2 aromatic heterocycles. The summed E-state index contributed by atoms with van der Waals surface area (Å²) in [5, 5.41) is 4.53. The molecule has 0 aromatic carbocycles. The summed E-state index contributed by atoms with van der Waals surface area (Å²) in [4.78, 5) is 6.75. The SMILES string of the molecule is Cc1cc(C)n2c(=S)n(CN3CCO[C@@H](C)C3)nc2n1. The first-order chi connectivity index (χ1) is 9.54. The van der Waals surface area contributed by atoms with Gasteiger partial charge < -0.3 is 4.74 Å². The monoisotopic (exact) mass is 293 g/mol. The first kappa shape index (κ1) is 13.7. The Labute approximate surface area is 123 Å². The van der Waals surface area contributed by atoms with Crippen LogP contribution in [0.25, 0.3) is 5.78 Å². The Hall–Kier alpha value is -1.31. The minimum Gasteiger partial charge on any atom is -0.376 e. The van der Waals surface area contributed by atoms with Crippen LogP contribution in [0, 0.1) is 18.6 Å². The molecule has 0 bridgehead atoms. The van der Waals surface area contributed by atoms with Crippen molar-refractivity contribution in [1.29, 1.82) is 0 Å². The molecule has 0 aliphatic carbocycles. The molecule has 2 aromatic rings. The first-order valence-electron chi connectivity index (χ1n) is 6.82. The first-order valence-corrected chi connectivity index (χ1v) is 7.23. The van der Waals surface area contributed by atoms with E-state index in [2.05, 4.69) is 21.9 Å². The van der Waals surface area contributed by atoms with Gasteiger partial charge in [0.1, 0.15) is 0 Å². The number of fused-ring (bicyclic) bond motifs is 1. The summed E-state index contributed by atoms with van der Waals surface area (Å²) in [7, 11) is 0. The van der Waals surface area contributed by atoms with E-state index >= 15 is 0 Å². The fourth-order valence-corrected chi connectivity index (χ4v) is 2.96. The van der Waals surface area contributed by atoms with Gasteiger partial charge in [-0.05, 0) is 39.1 Å². The molecule has 0 N–H and O–H groups in total. The number of morpholine rings is 1. The molecule has 0 radical (unpaired) electrons. The second-order valence-corrected chi connectivity index (χ2v) is 5.72. The molecule has 20 heavy (non-hydrogen) atoms. The third-order valence-electron chi connectivity index (χ3n) is 3.53. The molecule has 6 nitrogen and oxygen atoms in total. The van der Waals surface area contributed by atoms with Gasteiger partial charge >= 0.3 is 0 Å². The quantitative estimate of drug-likeness (QED) is 0.786. The van der Waals surface area contributed by atoms with Gasteiger partial charge in [0.2, 0.25) is 4.77 Å². The lowest BCUT2D eigenvalue weighted by molar-refractivity contribution is -0.0306. The van der Waals surface area contributed by atoms with E-state index in [9.17, 15) is 0 Å². The van der Waals surface area contributed by atoms with Crippen molar-refractivity contribution in [3.63, 3.8) is 0 Å². The minimum absolute atomic E-state index is 0.261. The van der Waals surface area contributed by atoms with Crippen LogP contribution >= 0.6 is 12.2 Å². The van der Waals surface area contributed by atoms with Crippen LogP contribution in [-0.2, 0) is 11.4 Å². The molecule has 3 heterocycles. The molecule has 1 saturated heterocycles. The second-order valence-electron chi connectivity index (χ2n) is 5.36. The zero-order valence-corrected chi connectivity index (χ0v) is 12.9. The molecule has 0 saturated carbocycles. The molecule has 1 aliphatic rings. The highest BCUT2D eigenvalue weighted by Crippen LogP contribution is 2.10. The Balaban J connectivity index is 1.94. The van der Waals surface area contributed by atoms with Gasteiger partial charge in [-0.2, -0.15) is 0 Å². The van der Waals surface area contributed by atoms with Gasteiger partial charge in [0.25, 0.3) is 5.78 Å². The van der Waals surface area contributed by atoms with Crippen LogP contribution in [0.1, 0.15) is 18.3 Å². The number of hydrogen-bond donors (Lipinski definition) is 0. The maximum atomic E-state index is 5.55. The lowest BCUT2D eigenvalue weighted by atomic mass is 10.3. The van der Waals surface area contributed by atoms with Crippen molar-refractivity contribution in [2.75, 3.05) is 19.7 Å². The van der Waals surface area contributed by atoms with Crippen molar-refractivity contribution in [2.45, 2.75) is 33.5 Å². The number of rotatable bonds is 2. The van der Waals surface area contributed by atoms with Gasteiger partial charge in [0, 0.05) is 24.5 Å². The third-order valence-corrected chi connectivity index (χ3v) is 3.92. The number of hydrogen-bond acceptors (Lipinski definition) is 5. The van der Waals surface area contributed by atoms with Gasteiger partial charge in [0.15, 0.2) is 0 Å². The number of aromatic nitrogens is 4. The van der Waals surface area contributed by atoms with Crippen molar-refractivity contribution < 1.29 is 4.74 Å². The molecule has 0 spiro atoms. The van der Waals surface area contributed by atoms with Crippen molar-refractivity contribution in [1.82, 2.24) is 24.1 Å². The van der Waals surface area contributed by atoms with Crippen LogP contribution in [0.15, 0.2) is 6.07 Å². The molecule has 108 valence electrons. The maximum absolute atomic E-state index is 5.55. The van der Waals surface area contributed by atoms with Gasteiger partial charge in [0.05, 0.1) is 19.4 Å². The van der Waals surface area contributed by atoms with Crippen LogP contribution in [-0.4, -0.2) is 49.9 Å². The molecule has 1 aliphatic heterocycles. The van der Waals surface area contributed by atoms with E-state index in [4.69, 9.17) is 17.0 Å². The smallest absolute Gasteiger partial charge is 0.254 e. The predicted octanol–water partition coefficient (Wildman–Crippen LogP) is 1.56. The van der Waals surface area contributed by atoms with E-state index in [0.29, 0.717) is 17.2 Å². The fraction of sp³-hybridized carbons (Fsp3) is 0.615. The molecule has 3 rings (SSSR count). The summed E-state index contributed by atoms with van der Waals surface area (Å²) in [6.07, 6.45) is 0.261. The normalized spacial score (nSPS) is 20.6. The summed E-state index contributed by atoms with van der Waals surface area (Å²) in [6.45, 7) is 9.35. The second kappa shape index (κ2) is 5.23. The van der Waals surface area contributed by atoms with Gasteiger partial charge in [-0.3, -0.25) is 9.30 Å². The van der Waals surface area contributed by atoms with Gasteiger partial charge in [-0.1, -0.05) is 0 Å². The Morgan fingerprint density at radius 1 is 1.45 bits per heavy atom. The van der Waals surface area contributed by atoms with Crippen molar-refractivity contribution in [3.8, 4) is 0 Å². The Morgan fingerprint density at radius 3 is 3.00 bits per heavy atom. The molecule has 1 atom stereocenters. The van der Waals surface area contributed by atoms with E-state index in [0.717, 1.165) is 31.1 Å². The van der Waals surface area contributed by atoms with Gasteiger partial charge in [-0.15, -0.1) is 5.10 Å². The lowest BCUT2D eigenvalue weighted by Crippen LogP contribution is -2.42. The van der Waals surface area contributed by atoms with Crippen LogP contribution in [0.4, 0.5) is 0 Å². The van der Waals surface area contributed by atoms with Crippen LogP contribution in [0.3, 0.4) is 0 Å². The maximum Gasteiger partial charge on any atom is 0.254 e. The third kappa shape index (κ3) is 2.48. The Bertz CT molecular complexity index is 692. The van der Waals surface area contributed by atoms with Crippen molar-refractivity contribution >= 4 is 18.0 Å². The lowest BCUT2D eigenvalue weighted by Gasteiger charge is -2.30. The van der Waals surface area contributed by atoms with E-state index in [1.54, 1.807) is 0 Å². The van der Waals surface area contributed by atoms with E-state index in [1.807, 2.05) is 29.0 Å². The predicted molar refractivity (Wildman–Crippen MR) is 78.3 cm³/mol. The zero-order chi connectivity index (χ0) is 14.3.